The second kappa shape index (κ2) is 4.32. The Morgan fingerprint density at radius 2 is 2.33 bits per heavy atom. The molecule has 3 aliphatic rings. The fourth-order valence-electron chi connectivity index (χ4n) is 3.06. The van der Waals surface area contributed by atoms with Gasteiger partial charge in [0.15, 0.2) is 0 Å². The molecular weight excluding hydrogens is 262 g/mol. The third-order valence-corrected chi connectivity index (χ3v) is 4.15. The molecule has 2 bridgehead atoms. The fraction of sp³-hybridized carbons (Fsp3) is 0.312. The van der Waals surface area contributed by atoms with E-state index in [1.54, 1.807) is 6.20 Å². The Kier molecular flexibility index (Phi) is 2.55. The highest BCUT2D eigenvalue weighted by atomic mass is 15.3. The van der Waals surface area contributed by atoms with Crippen molar-refractivity contribution in [3.05, 3.63) is 53.1 Å². The lowest BCUT2D eigenvalue weighted by Crippen LogP contribution is -2.58. The van der Waals surface area contributed by atoms with Gasteiger partial charge >= 0.3 is 0 Å². The highest BCUT2D eigenvalue weighted by Crippen LogP contribution is 2.31. The van der Waals surface area contributed by atoms with Gasteiger partial charge in [0.2, 0.25) is 0 Å². The Morgan fingerprint density at radius 3 is 3.19 bits per heavy atom. The maximum Gasteiger partial charge on any atom is 0.122 e. The van der Waals surface area contributed by atoms with Crippen molar-refractivity contribution in [2.24, 2.45) is 10.7 Å². The summed E-state index contributed by atoms with van der Waals surface area (Å²) in [7, 11) is 0. The molecular formula is C16H17N5. The van der Waals surface area contributed by atoms with E-state index in [0.717, 1.165) is 47.9 Å². The first kappa shape index (κ1) is 12.4. The van der Waals surface area contributed by atoms with Crippen molar-refractivity contribution in [1.29, 1.82) is 0 Å². The van der Waals surface area contributed by atoms with Crippen LogP contribution in [-0.4, -0.2) is 34.5 Å². The smallest absolute Gasteiger partial charge is 0.122 e. The van der Waals surface area contributed by atoms with Crippen molar-refractivity contribution in [1.82, 2.24) is 15.2 Å². The number of rotatable bonds is 1. The van der Waals surface area contributed by atoms with Crippen LogP contribution in [0.3, 0.4) is 0 Å². The van der Waals surface area contributed by atoms with Gasteiger partial charge in [-0.3, -0.25) is 4.98 Å². The van der Waals surface area contributed by atoms with Crippen LogP contribution in [0, 0.1) is 6.92 Å². The Balaban J connectivity index is 1.77. The number of nitrogens with zero attached hydrogens (tertiary/aromatic N) is 3. The number of nitrogens with two attached hydrogens (primary N) is 1. The molecule has 2 fully saturated rings. The van der Waals surface area contributed by atoms with E-state index >= 15 is 0 Å². The lowest BCUT2D eigenvalue weighted by molar-refractivity contribution is 0.309. The van der Waals surface area contributed by atoms with Gasteiger partial charge in [0, 0.05) is 36.3 Å². The number of aryl methyl sites for hydroxylation is 1. The normalized spacial score (nSPS) is 26.4. The van der Waals surface area contributed by atoms with Crippen molar-refractivity contribution in [2.45, 2.75) is 19.0 Å². The number of pyridine rings is 1. The van der Waals surface area contributed by atoms with Crippen LogP contribution in [0.2, 0.25) is 0 Å². The summed E-state index contributed by atoms with van der Waals surface area (Å²) in [4.78, 5) is 11.0. The van der Waals surface area contributed by atoms with Crippen LogP contribution in [0.25, 0.3) is 5.70 Å². The maximum atomic E-state index is 6.32. The second-order valence-corrected chi connectivity index (χ2v) is 5.84. The molecule has 0 unspecified atom stereocenters. The number of nitrogens with one attached hydrogen (secondary N) is 1. The quantitative estimate of drug-likeness (QED) is 0.809. The summed E-state index contributed by atoms with van der Waals surface area (Å²) < 4.78 is 0. The van der Waals surface area contributed by atoms with Gasteiger partial charge in [-0.25, -0.2) is 4.99 Å². The minimum Gasteiger partial charge on any atom is -0.365 e. The minimum absolute atomic E-state index is 0.340. The molecule has 4 rings (SSSR count). The van der Waals surface area contributed by atoms with Crippen LogP contribution in [0.15, 0.2) is 46.9 Å². The van der Waals surface area contributed by atoms with Crippen LogP contribution in [0.1, 0.15) is 17.7 Å². The van der Waals surface area contributed by atoms with Crippen molar-refractivity contribution in [3.8, 4) is 0 Å². The summed E-state index contributed by atoms with van der Waals surface area (Å²) in [5, 5.41) is 3.38. The molecule has 5 heteroatoms. The topological polar surface area (TPSA) is 66.5 Å². The molecule has 0 amide bonds. The van der Waals surface area contributed by atoms with E-state index in [1.165, 1.54) is 0 Å². The number of hydrogen-bond acceptors (Lipinski definition) is 5. The molecule has 0 radical (unpaired) electrons. The van der Waals surface area contributed by atoms with Gasteiger partial charge < -0.3 is 16.0 Å². The van der Waals surface area contributed by atoms with E-state index in [2.05, 4.69) is 32.1 Å². The zero-order valence-electron chi connectivity index (χ0n) is 11.9. The molecule has 3 aliphatic heterocycles. The van der Waals surface area contributed by atoms with Crippen molar-refractivity contribution in [3.63, 3.8) is 0 Å². The standard InChI is InChI=1S/C16H17N5/c1-11-8-12(4-6-18-11)13-2-3-15-14(9-19-13)20-16(17)5-7-21(15)10-16/h2-4,6,8,20H,5,7,10,17H2,1H3/t16-/m0/s1. The highest BCUT2D eigenvalue weighted by molar-refractivity contribution is 5.78. The molecule has 1 aromatic rings. The largest absolute Gasteiger partial charge is 0.365 e. The predicted molar refractivity (Wildman–Crippen MR) is 82.2 cm³/mol. The van der Waals surface area contributed by atoms with Crippen LogP contribution >= 0.6 is 0 Å². The predicted octanol–water partition coefficient (Wildman–Crippen LogP) is 1.15. The lowest BCUT2D eigenvalue weighted by atomic mass is 10.1. The molecule has 1 atom stereocenters. The molecule has 0 aliphatic carbocycles. The van der Waals surface area contributed by atoms with E-state index in [4.69, 9.17) is 5.73 Å². The Labute approximate surface area is 123 Å². The van der Waals surface area contributed by atoms with E-state index in [9.17, 15) is 0 Å². The number of fused-ring (bicyclic) bond motifs is 4. The molecule has 3 N–H and O–H groups in total. The zero-order valence-corrected chi connectivity index (χ0v) is 11.9. The van der Waals surface area contributed by atoms with Crippen LogP contribution in [0.5, 0.6) is 0 Å². The van der Waals surface area contributed by atoms with E-state index in [1.807, 2.05) is 25.1 Å². The Bertz CT molecular complexity index is 739. The molecule has 0 saturated carbocycles. The first-order chi connectivity index (χ1) is 10.1. The SMILES string of the molecule is Cc1cc(C2=CC=C3C(=C=N2)N[C@@]2(N)CCN3C2)ccn1. The average molecular weight is 279 g/mol. The summed E-state index contributed by atoms with van der Waals surface area (Å²) in [6.45, 7) is 3.78. The van der Waals surface area contributed by atoms with Gasteiger partial charge in [-0.1, -0.05) is 0 Å². The molecule has 4 heterocycles. The third kappa shape index (κ3) is 2.07. The van der Waals surface area contributed by atoms with E-state index in [-0.39, 0.29) is 5.66 Å². The minimum atomic E-state index is -0.340. The Morgan fingerprint density at radius 1 is 1.43 bits per heavy atom. The molecule has 0 aromatic carbocycles. The molecule has 2 saturated heterocycles. The fourth-order valence-corrected chi connectivity index (χ4v) is 3.06. The molecule has 1 aromatic heterocycles. The van der Waals surface area contributed by atoms with Crippen molar-refractivity contribution < 1.29 is 0 Å². The second-order valence-electron chi connectivity index (χ2n) is 5.84. The van der Waals surface area contributed by atoms with Crippen molar-refractivity contribution >= 4 is 11.6 Å². The molecule has 5 nitrogen and oxygen atoms in total. The summed E-state index contributed by atoms with van der Waals surface area (Å²) >= 11 is 0. The number of hydrogen-bond donors (Lipinski definition) is 2. The third-order valence-electron chi connectivity index (χ3n) is 4.15. The first-order valence-corrected chi connectivity index (χ1v) is 7.14. The van der Waals surface area contributed by atoms with Gasteiger partial charge in [0.1, 0.15) is 11.4 Å². The summed E-state index contributed by atoms with van der Waals surface area (Å²) in [5.74, 6) is 3.13. The highest BCUT2D eigenvalue weighted by Gasteiger charge is 2.41. The van der Waals surface area contributed by atoms with Gasteiger partial charge in [-0.05, 0) is 31.2 Å². The van der Waals surface area contributed by atoms with Gasteiger partial charge in [-0.2, -0.15) is 0 Å². The number of allylic oxidation sites excluding steroid dienone is 2. The summed E-state index contributed by atoms with van der Waals surface area (Å²) in [6, 6.07) is 3.99. The number of aliphatic imine (C=N–C) groups is 1. The number of aromatic nitrogens is 1. The average Bonchev–Trinajstić information content (AvgIpc) is 2.65. The number of piperazine rings is 1. The van der Waals surface area contributed by atoms with Crippen LogP contribution in [0.4, 0.5) is 0 Å². The first-order valence-electron chi connectivity index (χ1n) is 7.14. The molecule has 0 spiro atoms. The van der Waals surface area contributed by atoms with Gasteiger partial charge in [0.05, 0.1) is 17.9 Å². The van der Waals surface area contributed by atoms with Crippen LogP contribution in [-0.2, 0) is 0 Å². The summed E-state index contributed by atoms with van der Waals surface area (Å²) in [6.07, 6.45) is 6.88. The van der Waals surface area contributed by atoms with Crippen molar-refractivity contribution in [2.75, 3.05) is 13.1 Å². The summed E-state index contributed by atoms with van der Waals surface area (Å²) in [5.41, 5.74) is 10.9. The van der Waals surface area contributed by atoms with E-state index < -0.39 is 0 Å². The van der Waals surface area contributed by atoms with Crippen LogP contribution < -0.4 is 11.1 Å². The van der Waals surface area contributed by atoms with Gasteiger partial charge in [0.25, 0.3) is 0 Å². The monoisotopic (exact) mass is 279 g/mol. The zero-order chi connectivity index (χ0) is 14.4. The van der Waals surface area contributed by atoms with Gasteiger partial charge in [-0.15, -0.1) is 0 Å². The molecule has 106 valence electrons. The molecule has 21 heavy (non-hydrogen) atoms. The van der Waals surface area contributed by atoms with E-state index in [0.29, 0.717) is 0 Å². The lowest BCUT2D eigenvalue weighted by Gasteiger charge is -2.35. The maximum absolute atomic E-state index is 6.32. The Hall–Kier alpha value is -2.36.